The second-order valence-electron chi connectivity index (χ2n) is 8.57. The molecule has 1 unspecified atom stereocenters. The number of nitrogens with zero attached hydrogens (tertiary/aromatic N) is 1. The quantitative estimate of drug-likeness (QED) is 0.280. The van der Waals surface area contributed by atoms with Crippen LogP contribution in [0.4, 0.5) is 0 Å². The highest BCUT2D eigenvalue weighted by Crippen LogP contribution is 2.26. The lowest BCUT2D eigenvalue weighted by molar-refractivity contribution is -0.139. The van der Waals surface area contributed by atoms with Crippen LogP contribution in [-0.2, 0) is 22.6 Å². The van der Waals surface area contributed by atoms with Gasteiger partial charge in [0.15, 0.2) is 0 Å². The molecule has 6 nitrogen and oxygen atoms in total. The van der Waals surface area contributed by atoms with Crippen molar-refractivity contribution in [3.63, 3.8) is 0 Å². The summed E-state index contributed by atoms with van der Waals surface area (Å²) in [4.78, 5) is 28.1. The number of nitrogens with one attached hydrogen (secondary N) is 2. The van der Waals surface area contributed by atoms with E-state index in [1.165, 1.54) is 5.56 Å². The van der Waals surface area contributed by atoms with Crippen LogP contribution in [0.15, 0.2) is 24.3 Å². The van der Waals surface area contributed by atoms with Crippen molar-refractivity contribution < 1.29 is 9.59 Å². The number of hydrogen-bond acceptors (Lipinski definition) is 6. The van der Waals surface area contributed by atoms with Gasteiger partial charge in [-0.05, 0) is 41.9 Å². The number of nitrogens with two attached hydrogens (primary N) is 1. The van der Waals surface area contributed by atoms with Crippen LogP contribution in [0, 0.1) is 5.92 Å². The van der Waals surface area contributed by atoms with Gasteiger partial charge in [-0.25, -0.2) is 0 Å². The predicted molar refractivity (Wildman–Crippen MR) is 134 cm³/mol. The maximum Gasteiger partial charge on any atom is 0.240 e. The molecule has 1 heterocycles. The fourth-order valence-electron chi connectivity index (χ4n) is 3.89. The maximum atomic E-state index is 13.6. The zero-order chi connectivity index (χ0) is 22.8. The summed E-state index contributed by atoms with van der Waals surface area (Å²) in [5, 5.41) is 6.36. The molecule has 2 rings (SSSR count). The van der Waals surface area contributed by atoms with Gasteiger partial charge in [0.2, 0.25) is 11.8 Å². The molecular weight excluding hydrogens is 428 g/mol. The van der Waals surface area contributed by atoms with E-state index in [1.54, 1.807) is 11.8 Å². The van der Waals surface area contributed by atoms with Gasteiger partial charge < -0.3 is 21.3 Å². The van der Waals surface area contributed by atoms with E-state index in [4.69, 9.17) is 5.73 Å². The molecular formula is C23H38N4O2S2. The molecule has 31 heavy (non-hydrogen) atoms. The van der Waals surface area contributed by atoms with Crippen LogP contribution in [0.5, 0.6) is 0 Å². The molecule has 0 radical (unpaired) electrons. The van der Waals surface area contributed by atoms with E-state index in [9.17, 15) is 9.59 Å². The van der Waals surface area contributed by atoms with Gasteiger partial charge in [0.25, 0.3) is 0 Å². The van der Waals surface area contributed by atoms with Gasteiger partial charge >= 0.3 is 0 Å². The first-order valence-electron chi connectivity index (χ1n) is 11.1. The van der Waals surface area contributed by atoms with Crippen LogP contribution < -0.4 is 16.4 Å². The van der Waals surface area contributed by atoms with Crippen molar-refractivity contribution in [2.24, 2.45) is 11.7 Å². The van der Waals surface area contributed by atoms with Crippen LogP contribution >= 0.6 is 24.4 Å². The third kappa shape index (κ3) is 8.00. The first kappa shape index (κ1) is 26.0. The summed E-state index contributed by atoms with van der Waals surface area (Å²) in [7, 11) is 0. The molecule has 0 bridgehead atoms. The molecule has 0 aliphatic carbocycles. The lowest BCUT2D eigenvalue weighted by Gasteiger charge is -2.39. The molecule has 0 aromatic heterocycles. The Labute approximate surface area is 196 Å². The SMILES string of the molecule is CSCCCNC(=O)C[C@H]1Cc2ccccc2CN1C(=O)[C@@H](NCC(N)CS)C(C)C. The largest absolute Gasteiger partial charge is 0.356 e. The zero-order valence-electron chi connectivity index (χ0n) is 19.0. The minimum absolute atomic E-state index is 0.00874. The number of amides is 2. The summed E-state index contributed by atoms with van der Waals surface area (Å²) in [5.41, 5.74) is 8.38. The molecule has 0 fully saturated rings. The molecule has 3 atom stereocenters. The third-order valence-electron chi connectivity index (χ3n) is 5.67. The van der Waals surface area contributed by atoms with Crippen LogP contribution in [0.1, 0.15) is 37.8 Å². The van der Waals surface area contributed by atoms with E-state index in [-0.39, 0.29) is 35.9 Å². The van der Waals surface area contributed by atoms with Gasteiger partial charge in [-0.1, -0.05) is 38.1 Å². The number of carbonyl (C=O) groups is 2. The van der Waals surface area contributed by atoms with Crippen molar-refractivity contribution in [2.75, 3.05) is 30.9 Å². The summed E-state index contributed by atoms with van der Waals surface area (Å²) < 4.78 is 0. The Kier molecular flexibility index (Phi) is 11.2. The molecule has 1 aliphatic rings. The Hall–Kier alpha value is -1.22. The molecule has 1 aromatic rings. The second kappa shape index (κ2) is 13.4. The van der Waals surface area contributed by atoms with E-state index >= 15 is 0 Å². The molecule has 0 saturated carbocycles. The first-order chi connectivity index (χ1) is 14.9. The lowest BCUT2D eigenvalue weighted by atomic mass is 9.90. The average molecular weight is 467 g/mol. The highest BCUT2D eigenvalue weighted by Gasteiger charge is 2.35. The van der Waals surface area contributed by atoms with E-state index < -0.39 is 0 Å². The van der Waals surface area contributed by atoms with Crippen molar-refractivity contribution in [3.8, 4) is 0 Å². The van der Waals surface area contributed by atoms with Crippen molar-refractivity contribution in [1.82, 2.24) is 15.5 Å². The maximum absolute atomic E-state index is 13.6. The van der Waals surface area contributed by atoms with E-state index in [1.807, 2.05) is 30.9 Å². The molecule has 0 spiro atoms. The number of hydrogen-bond donors (Lipinski definition) is 4. The van der Waals surface area contributed by atoms with Gasteiger partial charge in [0.05, 0.1) is 6.04 Å². The van der Waals surface area contributed by atoms with Gasteiger partial charge in [0.1, 0.15) is 0 Å². The summed E-state index contributed by atoms with van der Waals surface area (Å²) in [5.74, 6) is 1.74. The Morgan fingerprint density at radius 2 is 2.00 bits per heavy atom. The van der Waals surface area contributed by atoms with E-state index in [2.05, 4.69) is 41.7 Å². The minimum Gasteiger partial charge on any atom is -0.356 e. The third-order valence-corrected chi connectivity index (χ3v) is 6.84. The van der Waals surface area contributed by atoms with Gasteiger partial charge in [-0.15, -0.1) is 0 Å². The van der Waals surface area contributed by atoms with Gasteiger partial charge in [-0.3, -0.25) is 9.59 Å². The number of carbonyl (C=O) groups excluding carboxylic acids is 2. The monoisotopic (exact) mass is 466 g/mol. The van der Waals surface area contributed by atoms with E-state index in [0.29, 0.717) is 38.2 Å². The molecule has 174 valence electrons. The number of benzene rings is 1. The summed E-state index contributed by atoms with van der Waals surface area (Å²) in [6.45, 7) is 5.81. The summed E-state index contributed by atoms with van der Waals surface area (Å²) >= 11 is 6.02. The van der Waals surface area contributed by atoms with Crippen LogP contribution in [0.2, 0.25) is 0 Å². The Balaban J connectivity index is 2.14. The summed E-state index contributed by atoms with van der Waals surface area (Å²) in [6.07, 6.45) is 4.03. The molecule has 2 amide bonds. The highest BCUT2D eigenvalue weighted by molar-refractivity contribution is 7.98. The van der Waals surface area contributed by atoms with Crippen molar-refractivity contribution in [3.05, 3.63) is 35.4 Å². The Bertz CT molecular complexity index is 717. The average Bonchev–Trinajstić information content (AvgIpc) is 2.75. The second-order valence-corrected chi connectivity index (χ2v) is 9.92. The standard InChI is InChI=1S/C23H38N4O2S2/c1-16(2)22(26-13-19(24)15-30)23(29)27-14-18-8-5-4-7-17(18)11-20(27)12-21(28)25-9-6-10-31-3/h4-5,7-8,16,19-20,22,26,30H,6,9-15,24H2,1-3H3,(H,25,28)/t19?,20-,22+/m1/s1. The topological polar surface area (TPSA) is 87.5 Å². The number of thiol groups is 1. The van der Waals surface area contributed by atoms with Crippen molar-refractivity contribution >= 4 is 36.2 Å². The zero-order valence-corrected chi connectivity index (χ0v) is 20.7. The lowest BCUT2D eigenvalue weighted by Crippen LogP contribution is -2.56. The fourth-order valence-corrected chi connectivity index (χ4v) is 4.45. The van der Waals surface area contributed by atoms with Gasteiger partial charge in [-0.2, -0.15) is 24.4 Å². The molecule has 1 aromatic carbocycles. The number of rotatable bonds is 12. The minimum atomic E-state index is -0.344. The first-order valence-corrected chi connectivity index (χ1v) is 13.1. The summed E-state index contributed by atoms with van der Waals surface area (Å²) in [6, 6.07) is 7.60. The highest BCUT2D eigenvalue weighted by atomic mass is 32.2. The van der Waals surface area contributed by atoms with Crippen molar-refractivity contribution in [1.29, 1.82) is 0 Å². The van der Waals surface area contributed by atoms with Crippen molar-refractivity contribution in [2.45, 2.75) is 57.8 Å². The Morgan fingerprint density at radius 3 is 2.65 bits per heavy atom. The molecule has 4 N–H and O–H groups in total. The molecule has 1 aliphatic heterocycles. The van der Waals surface area contributed by atoms with Crippen LogP contribution in [-0.4, -0.2) is 65.7 Å². The van der Waals surface area contributed by atoms with Gasteiger partial charge in [0, 0.05) is 43.9 Å². The molecule has 8 heteroatoms. The normalized spacial score (nSPS) is 17.9. The molecule has 0 saturated heterocycles. The van der Waals surface area contributed by atoms with Crippen LogP contribution in [0.3, 0.4) is 0 Å². The fraction of sp³-hybridized carbons (Fsp3) is 0.652. The van der Waals surface area contributed by atoms with E-state index in [0.717, 1.165) is 17.7 Å². The predicted octanol–water partition coefficient (Wildman–Crippen LogP) is 2.07. The number of fused-ring (bicyclic) bond motifs is 1. The van der Waals surface area contributed by atoms with Crippen LogP contribution in [0.25, 0.3) is 0 Å². The Morgan fingerprint density at radius 1 is 1.29 bits per heavy atom. The smallest absolute Gasteiger partial charge is 0.240 e. The number of thioether (sulfide) groups is 1.